The molecule has 1 heterocycles. The van der Waals surface area contributed by atoms with Gasteiger partial charge in [-0.3, -0.25) is 4.79 Å². The first-order chi connectivity index (χ1) is 6.62. The van der Waals surface area contributed by atoms with Crippen LogP contribution < -0.4 is 0 Å². The summed E-state index contributed by atoms with van der Waals surface area (Å²) in [5.41, 5.74) is 0.426. The van der Waals surface area contributed by atoms with Gasteiger partial charge in [-0.05, 0) is 37.0 Å². The van der Waals surface area contributed by atoms with Crippen molar-refractivity contribution in [2.45, 2.75) is 19.3 Å². The van der Waals surface area contributed by atoms with E-state index in [0.717, 1.165) is 18.4 Å². The molecule has 0 aromatic carbocycles. The lowest BCUT2D eigenvalue weighted by molar-refractivity contribution is -0.143. The average molecular weight is 212 g/mol. The van der Waals surface area contributed by atoms with E-state index in [1.54, 1.807) is 12.3 Å². The first-order valence-corrected chi connectivity index (χ1v) is 4.84. The Kier molecular flexibility index (Phi) is 2.19. The molecule has 0 radical (unpaired) electrons. The fraction of sp³-hybridized carbons (Fsp3) is 0.400. The summed E-state index contributed by atoms with van der Waals surface area (Å²) in [6, 6.07) is 3.54. The summed E-state index contributed by atoms with van der Waals surface area (Å²) in [6.45, 7) is 0. The molecule has 14 heavy (non-hydrogen) atoms. The van der Waals surface area contributed by atoms with Crippen molar-refractivity contribution in [3.05, 3.63) is 29.0 Å². The van der Waals surface area contributed by atoms with E-state index in [4.69, 9.17) is 16.7 Å². The number of rotatable bonds is 3. The molecule has 0 saturated heterocycles. The topological polar surface area (TPSA) is 50.2 Å². The third kappa shape index (κ3) is 1.73. The van der Waals surface area contributed by atoms with Gasteiger partial charge < -0.3 is 5.11 Å². The second-order valence-electron chi connectivity index (χ2n) is 3.75. The largest absolute Gasteiger partial charge is 0.481 e. The number of carboxylic acid groups (broad SMARTS) is 1. The second-order valence-corrected chi connectivity index (χ2v) is 4.14. The van der Waals surface area contributed by atoms with Gasteiger partial charge >= 0.3 is 5.97 Å². The van der Waals surface area contributed by atoms with Crippen LogP contribution >= 0.6 is 11.6 Å². The maximum absolute atomic E-state index is 10.9. The molecule has 4 heteroatoms. The highest BCUT2D eigenvalue weighted by atomic mass is 35.5. The summed E-state index contributed by atoms with van der Waals surface area (Å²) in [6.07, 6.45) is 3.70. The molecular weight excluding hydrogens is 202 g/mol. The molecule has 1 N–H and O–H groups in total. The molecule has 1 fully saturated rings. The van der Waals surface area contributed by atoms with Crippen molar-refractivity contribution < 1.29 is 9.90 Å². The molecule has 74 valence electrons. The van der Waals surface area contributed by atoms with Crippen LogP contribution in [0.1, 0.15) is 18.4 Å². The van der Waals surface area contributed by atoms with Crippen LogP contribution in [-0.4, -0.2) is 16.1 Å². The van der Waals surface area contributed by atoms with E-state index >= 15 is 0 Å². The normalized spacial score (nSPS) is 17.8. The Hall–Kier alpha value is -1.09. The number of hydrogen-bond acceptors (Lipinski definition) is 2. The van der Waals surface area contributed by atoms with Gasteiger partial charge in [-0.2, -0.15) is 0 Å². The Balaban J connectivity index is 2.15. The van der Waals surface area contributed by atoms with Crippen molar-refractivity contribution in [3.8, 4) is 0 Å². The predicted octanol–water partition coefficient (Wildman–Crippen LogP) is 2.14. The van der Waals surface area contributed by atoms with Gasteiger partial charge in [-0.15, -0.1) is 0 Å². The number of halogens is 1. The van der Waals surface area contributed by atoms with Gasteiger partial charge in [0.2, 0.25) is 0 Å². The first kappa shape index (κ1) is 9.46. The lowest BCUT2D eigenvalue weighted by Crippen LogP contribution is -2.17. The third-order valence-corrected chi connectivity index (χ3v) is 2.85. The van der Waals surface area contributed by atoms with Crippen LogP contribution in [0, 0.1) is 5.41 Å². The second kappa shape index (κ2) is 3.24. The molecule has 0 bridgehead atoms. The SMILES string of the molecule is O=C(O)C1(Cc2ccnc(Cl)c2)CC1. The maximum atomic E-state index is 10.9. The fourth-order valence-electron chi connectivity index (χ4n) is 1.56. The quantitative estimate of drug-likeness (QED) is 0.780. The van der Waals surface area contributed by atoms with Crippen LogP contribution in [-0.2, 0) is 11.2 Å². The molecule has 1 aromatic heterocycles. The van der Waals surface area contributed by atoms with Crippen molar-refractivity contribution in [1.29, 1.82) is 0 Å². The summed E-state index contributed by atoms with van der Waals surface area (Å²) in [7, 11) is 0. The summed E-state index contributed by atoms with van der Waals surface area (Å²) in [5, 5.41) is 9.41. The third-order valence-electron chi connectivity index (χ3n) is 2.64. The van der Waals surface area contributed by atoms with Crippen molar-refractivity contribution in [3.63, 3.8) is 0 Å². The highest BCUT2D eigenvalue weighted by molar-refractivity contribution is 6.29. The number of carbonyl (C=O) groups is 1. The molecule has 1 aromatic rings. The van der Waals surface area contributed by atoms with Crippen molar-refractivity contribution in [1.82, 2.24) is 4.98 Å². The molecule has 0 atom stereocenters. The summed E-state index contributed by atoms with van der Waals surface area (Å²) in [4.78, 5) is 14.8. The zero-order valence-corrected chi connectivity index (χ0v) is 8.29. The van der Waals surface area contributed by atoms with E-state index in [9.17, 15) is 4.79 Å². The van der Waals surface area contributed by atoms with E-state index in [0.29, 0.717) is 11.6 Å². The number of aromatic nitrogens is 1. The summed E-state index contributed by atoms with van der Waals surface area (Å²) in [5.74, 6) is -0.703. The monoisotopic (exact) mass is 211 g/mol. The fourth-order valence-corrected chi connectivity index (χ4v) is 1.76. The van der Waals surface area contributed by atoms with Crippen molar-refractivity contribution in [2.24, 2.45) is 5.41 Å². The van der Waals surface area contributed by atoms with Gasteiger partial charge in [0.25, 0.3) is 0 Å². The lowest BCUT2D eigenvalue weighted by atomic mass is 9.98. The van der Waals surface area contributed by atoms with E-state index in [2.05, 4.69) is 4.98 Å². The highest BCUT2D eigenvalue weighted by Crippen LogP contribution is 2.48. The van der Waals surface area contributed by atoms with Crippen molar-refractivity contribution >= 4 is 17.6 Å². The Morgan fingerprint density at radius 2 is 2.36 bits per heavy atom. The molecule has 2 rings (SSSR count). The van der Waals surface area contributed by atoms with Crippen LogP contribution in [0.15, 0.2) is 18.3 Å². The van der Waals surface area contributed by atoms with Crippen LogP contribution in [0.5, 0.6) is 0 Å². The number of carboxylic acids is 1. The molecule has 1 aliphatic carbocycles. The molecule has 0 aliphatic heterocycles. The molecule has 3 nitrogen and oxygen atoms in total. The van der Waals surface area contributed by atoms with Crippen LogP contribution in [0.25, 0.3) is 0 Å². The number of hydrogen-bond donors (Lipinski definition) is 1. The van der Waals surface area contributed by atoms with E-state index in [1.165, 1.54) is 0 Å². The van der Waals surface area contributed by atoms with Crippen molar-refractivity contribution in [2.75, 3.05) is 0 Å². The highest BCUT2D eigenvalue weighted by Gasteiger charge is 2.49. The number of aliphatic carboxylic acids is 1. The number of pyridine rings is 1. The molecular formula is C10H10ClNO2. The predicted molar refractivity (Wildman–Crippen MR) is 52.3 cm³/mol. The maximum Gasteiger partial charge on any atom is 0.309 e. The Bertz CT molecular complexity index is 374. The smallest absolute Gasteiger partial charge is 0.309 e. The van der Waals surface area contributed by atoms with Gasteiger partial charge in [0.1, 0.15) is 5.15 Å². The average Bonchev–Trinajstić information content (AvgIpc) is 2.85. The Morgan fingerprint density at radius 3 is 2.86 bits per heavy atom. The zero-order valence-electron chi connectivity index (χ0n) is 7.53. The Morgan fingerprint density at radius 1 is 1.64 bits per heavy atom. The molecule has 0 amide bonds. The van der Waals surface area contributed by atoms with E-state index in [1.807, 2.05) is 6.07 Å². The minimum atomic E-state index is -0.703. The lowest BCUT2D eigenvalue weighted by Gasteiger charge is -2.08. The minimum Gasteiger partial charge on any atom is -0.481 e. The van der Waals surface area contributed by atoms with E-state index < -0.39 is 11.4 Å². The Labute approximate surface area is 86.7 Å². The first-order valence-electron chi connectivity index (χ1n) is 4.46. The molecule has 1 saturated carbocycles. The summed E-state index contributed by atoms with van der Waals surface area (Å²) >= 11 is 5.72. The van der Waals surface area contributed by atoms with Crippen LogP contribution in [0.4, 0.5) is 0 Å². The molecule has 0 unspecified atom stereocenters. The minimum absolute atomic E-state index is 0.420. The standard InChI is InChI=1S/C10H10ClNO2/c11-8-5-7(1-4-12-8)6-10(2-3-10)9(13)14/h1,4-5H,2-3,6H2,(H,13,14). The van der Waals surface area contributed by atoms with Crippen LogP contribution in [0.3, 0.4) is 0 Å². The molecule has 0 spiro atoms. The number of nitrogens with zero attached hydrogens (tertiary/aromatic N) is 1. The van der Waals surface area contributed by atoms with Gasteiger partial charge in [0, 0.05) is 6.20 Å². The van der Waals surface area contributed by atoms with Gasteiger partial charge in [0.05, 0.1) is 5.41 Å². The van der Waals surface area contributed by atoms with Gasteiger partial charge in [-0.1, -0.05) is 11.6 Å². The van der Waals surface area contributed by atoms with Crippen LogP contribution in [0.2, 0.25) is 5.15 Å². The summed E-state index contributed by atoms with van der Waals surface area (Å²) < 4.78 is 0. The van der Waals surface area contributed by atoms with E-state index in [-0.39, 0.29) is 0 Å². The van der Waals surface area contributed by atoms with Gasteiger partial charge in [0.15, 0.2) is 0 Å². The zero-order chi connectivity index (χ0) is 10.2. The van der Waals surface area contributed by atoms with Gasteiger partial charge in [-0.25, -0.2) is 4.98 Å². The molecule has 1 aliphatic rings.